The summed E-state index contributed by atoms with van der Waals surface area (Å²) in [5.41, 5.74) is 1.88. The van der Waals surface area contributed by atoms with Crippen molar-refractivity contribution in [2.45, 2.75) is 25.5 Å². The van der Waals surface area contributed by atoms with Crippen LogP contribution in [0.15, 0.2) is 42.5 Å². The average Bonchev–Trinajstić information content (AvgIpc) is 2.55. The molecule has 0 heterocycles. The number of rotatable bonds is 7. The number of methoxy groups -OCH3 is 1. The quantitative estimate of drug-likeness (QED) is 0.781. The van der Waals surface area contributed by atoms with Gasteiger partial charge in [0.15, 0.2) is 0 Å². The van der Waals surface area contributed by atoms with Gasteiger partial charge in [-0.25, -0.2) is 0 Å². The summed E-state index contributed by atoms with van der Waals surface area (Å²) < 4.78 is 5.36. The van der Waals surface area contributed by atoms with E-state index in [0.29, 0.717) is 16.6 Å². The second kappa shape index (κ2) is 8.55. The van der Waals surface area contributed by atoms with Crippen LogP contribution in [-0.4, -0.2) is 24.8 Å². The lowest BCUT2D eigenvalue weighted by atomic mass is 10.0. The molecular weight excluding hydrogens is 333 g/mol. The maximum Gasteiger partial charge on any atom is 0.122 e. The number of nitrogens with one attached hydrogen (secondary N) is 1. The van der Waals surface area contributed by atoms with Crippen LogP contribution < -0.4 is 10.1 Å². The first-order valence-corrected chi connectivity index (χ1v) is 8.25. The molecule has 0 aliphatic rings. The van der Waals surface area contributed by atoms with Gasteiger partial charge in [0.25, 0.3) is 0 Å². The van der Waals surface area contributed by atoms with Crippen LogP contribution in [0, 0.1) is 0 Å². The molecule has 124 valence electrons. The van der Waals surface area contributed by atoms with E-state index in [1.165, 1.54) is 0 Å². The van der Waals surface area contributed by atoms with E-state index < -0.39 is 6.10 Å². The summed E-state index contributed by atoms with van der Waals surface area (Å²) in [5, 5.41) is 14.5. The van der Waals surface area contributed by atoms with Crippen molar-refractivity contribution in [3.8, 4) is 5.75 Å². The molecule has 2 aromatic carbocycles. The molecule has 0 bridgehead atoms. The third-order valence-corrected chi connectivity index (χ3v) is 4.45. The van der Waals surface area contributed by atoms with Gasteiger partial charge < -0.3 is 15.2 Å². The lowest BCUT2D eigenvalue weighted by Crippen LogP contribution is -2.32. The Labute approximate surface area is 147 Å². The minimum Gasteiger partial charge on any atom is -0.496 e. The molecule has 0 radical (unpaired) electrons. The molecule has 2 aromatic rings. The summed E-state index contributed by atoms with van der Waals surface area (Å²) in [6.07, 6.45) is 0.183. The topological polar surface area (TPSA) is 41.5 Å². The standard InChI is InChI=1S/C18H21Cl2NO2/c1-12(9-14-5-3-4-6-18(14)23-2)21-11-17(22)13-7-8-15(19)16(20)10-13/h3-8,10,12,17,21-22H,9,11H2,1-2H3/t12-,17+/m1/s1. The molecule has 0 unspecified atom stereocenters. The fraction of sp³-hybridized carbons (Fsp3) is 0.333. The third kappa shape index (κ3) is 5.11. The van der Waals surface area contributed by atoms with Gasteiger partial charge in [-0.05, 0) is 42.7 Å². The van der Waals surface area contributed by atoms with Crippen molar-refractivity contribution in [2.24, 2.45) is 0 Å². The van der Waals surface area contributed by atoms with E-state index in [0.717, 1.165) is 23.3 Å². The largest absolute Gasteiger partial charge is 0.496 e. The Bertz CT molecular complexity index is 649. The number of aliphatic hydroxyl groups excluding tert-OH is 1. The predicted octanol–water partition coefficient (Wildman–Crippen LogP) is 4.26. The van der Waals surface area contributed by atoms with Crippen LogP contribution in [0.2, 0.25) is 10.0 Å². The molecule has 0 fully saturated rings. The molecule has 2 rings (SSSR count). The van der Waals surface area contributed by atoms with E-state index in [1.54, 1.807) is 25.3 Å². The lowest BCUT2D eigenvalue weighted by molar-refractivity contribution is 0.170. The summed E-state index contributed by atoms with van der Waals surface area (Å²) in [6, 6.07) is 13.3. The van der Waals surface area contributed by atoms with E-state index in [-0.39, 0.29) is 6.04 Å². The summed E-state index contributed by atoms with van der Waals surface area (Å²) in [5.74, 6) is 0.881. The highest BCUT2D eigenvalue weighted by Crippen LogP contribution is 2.25. The molecule has 0 saturated heterocycles. The van der Waals surface area contributed by atoms with Gasteiger partial charge in [-0.3, -0.25) is 0 Å². The van der Waals surface area contributed by atoms with Crippen molar-refractivity contribution in [3.05, 3.63) is 63.6 Å². The van der Waals surface area contributed by atoms with E-state index in [1.807, 2.05) is 24.3 Å². The Morgan fingerprint density at radius 1 is 1.13 bits per heavy atom. The molecule has 2 N–H and O–H groups in total. The van der Waals surface area contributed by atoms with Gasteiger partial charge in [-0.1, -0.05) is 47.5 Å². The van der Waals surface area contributed by atoms with Crippen LogP contribution in [0.5, 0.6) is 5.75 Å². The van der Waals surface area contributed by atoms with Gasteiger partial charge in [-0.2, -0.15) is 0 Å². The zero-order valence-electron chi connectivity index (χ0n) is 13.2. The normalized spacial score (nSPS) is 13.6. The average molecular weight is 354 g/mol. The summed E-state index contributed by atoms with van der Waals surface area (Å²) in [6.45, 7) is 2.52. The van der Waals surface area contributed by atoms with Gasteiger partial charge in [0.2, 0.25) is 0 Å². The number of aliphatic hydroxyl groups is 1. The van der Waals surface area contributed by atoms with Gasteiger partial charge in [-0.15, -0.1) is 0 Å². The summed E-state index contributed by atoms with van der Waals surface area (Å²) in [7, 11) is 1.67. The first kappa shape index (κ1) is 18.1. The van der Waals surface area contributed by atoms with Crippen molar-refractivity contribution in [1.82, 2.24) is 5.32 Å². The molecule has 0 amide bonds. The first-order chi connectivity index (χ1) is 11.0. The SMILES string of the molecule is COc1ccccc1C[C@@H](C)NC[C@H](O)c1ccc(Cl)c(Cl)c1. The number of hydrogen-bond donors (Lipinski definition) is 2. The van der Waals surface area contributed by atoms with Crippen LogP contribution in [-0.2, 0) is 6.42 Å². The van der Waals surface area contributed by atoms with Gasteiger partial charge in [0.05, 0.1) is 23.3 Å². The maximum absolute atomic E-state index is 10.3. The fourth-order valence-electron chi connectivity index (χ4n) is 2.42. The number of benzene rings is 2. The third-order valence-electron chi connectivity index (χ3n) is 3.71. The van der Waals surface area contributed by atoms with Crippen molar-refractivity contribution >= 4 is 23.2 Å². The molecule has 3 nitrogen and oxygen atoms in total. The molecule has 0 aromatic heterocycles. The highest BCUT2D eigenvalue weighted by atomic mass is 35.5. The Balaban J connectivity index is 1.90. The van der Waals surface area contributed by atoms with Crippen LogP contribution >= 0.6 is 23.2 Å². The van der Waals surface area contributed by atoms with Crippen molar-refractivity contribution < 1.29 is 9.84 Å². The van der Waals surface area contributed by atoms with Crippen LogP contribution in [0.1, 0.15) is 24.2 Å². The Morgan fingerprint density at radius 3 is 2.57 bits per heavy atom. The Hall–Kier alpha value is -1.26. The van der Waals surface area contributed by atoms with Gasteiger partial charge in [0.1, 0.15) is 5.75 Å². The fourth-order valence-corrected chi connectivity index (χ4v) is 2.73. The zero-order chi connectivity index (χ0) is 16.8. The van der Waals surface area contributed by atoms with Crippen molar-refractivity contribution in [1.29, 1.82) is 0 Å². The molecule has 2 atom stereocenters. The maximum atomic E-state index is 10.3. The zero-order valence-corrected chi connectivity index (χ0v) is 14.7. The molecule has 5 heteroatoms. The number of para-hydroxylation sites is 1. The second-order valence-corrected chi connectivity index (χ2v) is 6.33. The Morgan fingerprint density at radius 2 is 1.87 bits per heavy atom. The van der Waals surface area contributed by atoms with E-state index in [9.17, 15) is 5.11 Å². The van der Waals surface area contributed by atoms with E-state index in [4.69, 9.17) is 27.9 Å². The molecule has 0 aliphatic carbocycles. The molecule has 23 heavy (non-hydrogen) atoms. The van der Waals surface area contributed by atoms with Gasteiger partial charge in [0, 0.05) is 12.6 Å². The molecular formula is C18H21Cl2NO2. The molecule has 0 aliphatic heterocycles. The number of halogens is 2. The van der Waals surface area contributed by atoms with Crippen molar-refractivity contribution in [2.75, 3.05) is 13.7 Å². The van der Waals surface area contributed by atoms with Crippen LogP contribution in [0.3, 0.4) is 0 Å². The predicted molar refractivity (Wildman–Crippen MR) is 95.6 cm³/mol. The second-order valence-electron chi connectivity index (χ2n) is 5.51. The monoisotopic (exact) mass is 353 g/mol. The van der Waals surface area contributed by atoms with Crippen molar-refractivity contribution in [3.63, 3.8) is 0 Å². The lowest BCUT2D eigenvalue weighted by Gasteiger charge is -2.19. The summed E-state index contributed by atoms with van der Waals surface area (Å²) in [4.78, 5) is 0. The highest BCUT2D eigenvalue weighted by Gasteiger charge is 2.12. The number of ether oxygens (including phenoxy) is 1. The first-order valence-electron chi connectivity index (χ1n) is 7.49. The van der Waals surface area contributed by atoms with E-state index >= 15 is 0 Å². The highest BCUT2D eigenvalue weighted by molar-refractivity contribution is 6.42. The van der Waals surface area contributed by atoms with Crippen LogP contribution in [0.25, 0.3) is 0 Å². The Kier molecular flexibility index (Phi) is 6.72. The molecule has 0 saturated carbocycles. The van der Waals surface area contributed by atoms with Crippen LogP contribution in [0.4, 0.5) is 0 Å². The van der Waals surface area contributed by atoms with E-state index in [2.05, 4.69) is 12.2 Å². The van der Waals surface area contributed by atoms with Gasteiger partial charge >= 0.3 is 0 Å². The minimum atomic E-state index is -0.634. The molecule has 0 spiro atoms. The minimum absolute atomic E-state index is 0.198. The summed E-state index contributed by atoms with van der Waals surface area (Å²) >= 11 is 11.9. The smallest absolute Gasteiger partial charge is 0.122 e. The number of hydrogen-bond acceptors (Lipinski definition) is 3.